The Hall–Kier alpha value is -3.88. The number of nitro groups is 1. The van der Waals surface area contributed by atoms with Crippen LogP contribution in [0.4, 0.5) is 11.4 Å². The predicted octanol–water partition coefficient (Wildman–Crippen LogP) is 2.94. The number of ether oxygens (including phenoxy) is 1. The molecule has 0 saturated heterocycles. The summed E-state index contributed by atoms with van der Waals surface area (Å²) in [7, 11) is 0. The first kappa shape index (κ1) is 18.5. The summed E-state index contributed by atoms with van der Waals surface area (Å²) in [4.78, 5) is 36.5. The second-order valence-corrected chi connectivity index (χ2v) is 6.65. The third-order valence-electron chi connectivity index (χ3n) is 4.65. The van der Waals surface area contributed by atoms with Crippen LogP contribution in [-0.2, 0) is 9.59 Å². The minimum absolute atomic E-state index is 0.192. The minimum Gasteiger partial charge on any atom is -0.482 e. The SMILES string of the molecule is CC(NC(=O)CN1C(=O)COc2ccc([N+](=O)[O-])cc21)c1cc2ccccc2o1. The molecule has 1 unspecified atom stereocenters. The van der Waals surface area contributed by atoms with Gasteiger partial charge in [0.2, 0.25) is 5.91 Å². The van der Waals surface area contributed by atoms with Crippen molar-refractivity contribution in [2.24, 2.45) is 0 Å². The zero-order valence-electron chi connectivity index (χ0n) is 15.5. The highest BCUT2D eigenvalue weighted by Crippen LogP contribution is 2.35. The molecule has 2 amide bonds. The maximum Gasteiger partial charge on any atom is 0.271 e. The van der Waals surface area contributed by atoms with Crippen molar-refractivity contribution in [3.63, 3.8) is 0 Å². The van der Waals surface area contributed by atoms with Crippen LogP contribution in [0.2, 0.25) is 0 Å². The van der Waals surface area contributed by atoms with Crippen molar-refractivity contribution in [1.82, 2.24) is 5.32 Å². The van der Waals surface area contributed by atoms with Gasteiger partial charge in [-0.05, 0) is 25.1 Å². The van der Waals surface area contributed by atoms with Gasteiger partial charge >= 0.3 is 0 Å². The third kappa shape index (κ3) is 3.62. The van der Waals surface area contributed by atoms with E-state index in [1.165, 1.54) is 23.1 Å². The maximum atomic E-state index is 12.6. The zero-order valence-corrected chi connectivity index (χ0v) is 15.5. The molecule has 2 heterocycles. The van der Waals surface area contributed by atoms with Gasteiger partial charge in [0.05, 0.1) is 16.7 Å². The fourth-order valence-corrected chi connectivity index (χ4v) is 3.20. The first-order chi connectivity index (χ1) is 13.9. The Morgan fingerprint density at radius 2 is 2.07 bits per heavy atom. The quantitative estimate of drug-likeness (QED) is 0.525. The lowest BCUT2D eigenvalue weighted by atomic mass is 10.2. The average Bonchev–Trinajstić information content (AvgIpc) is 3.14. The summed E-state index contributed by atoms with van der Waals surface area (Å²) < 4.78 is 11.1. The standard InChI is InChI=1S/C20H17N3O6/c1-12(18-8-13-4-2-3-5-16(13)29-18)21-19(24)10-22-15-9-14(23(26)27)6-7-17(15)28-11-20(22)25/h2-9,12H,10-11H2,1H3,(H,21,24). The van der Waals surface area contributed by atoms with E-state index in [0.29, 0.717) is 17.1 Å². The van der Waals surface area contributed by atoms with Crippen molar-refractivity contribution >= 4 is 34.2 Å². The highest BCUT2D eigenvalue weighted by molar-refractivity contribution is 6.02. The monoisotopic (exact) mass is 395 g/mol. The third-order valence-corrected chi connectivity index (χ3v) is 4.65. The van der Waals surface area contributed by atoms with Gasteiger partial charge in [-0.1, -0.05) is 18.2 Å². The van der Waals surface area contributed by atoms with E-state index in [4.69, 9.17) is 9.15 Å². The number of anilines is 1. The summed E-state index contributed by atoms with van der Waals surface area (Å²) in [6.45, 7) is 1.24. The van der Waals surface area contributed by atoms with Gasteiger partial charge < -0.3 is 14.5 Å². The van der Waals surface area contributed by atoms with Gasteiger partial charge in [0.25, 0.3) is 11.6 Å². The molecule has 29 heavy (non-hydrogen) atoms. The molecular formula is C20H17N3O6. The van der Waals surface area contributed by atoms with E-state index in [-0.39, 0.29) is 24.5 Å². The van der Waals surface area contributed by atoms with Gasteiger partial charge in [-0.25, -0.2) is 0 Å². The van der Waals surface area contributed by atoms with Crippen LogP contribution in [-0.4, -0.2) is 29.9 Å². The van der Waals surface area contributed by atoms with Crippen molar-refractivity contribution in [2.45, 2.75) is 13.0 Å². The van der Waals surface area contributed by atoms with Crippen LogP contribution in [0.1, 0.15) is 18.7 Å². The van der Waals surface area contributed by atoms with E-state index in [2.05, 4.69) is 5.32 Å². The Labute approximate surface area is 165 Å². The highest BCUT2D eigenvalue weighted by atomic mass is 16.6. The Morgan fingerprint density at radius 1 is 1.28 bits per heavy atom. The molecular weight excluding hydrogens is 378 g/mol. The summed E-state index contributed by atoms with van der Waals surface area (Å²) in [6.07, 6.45) is 0. The molecule has 0 bridgehead atoms. The smallest absolute Gasteiger partial charge is 0.271 e. The molecule has 9 nitrogen and oxygen atoms in total. The number of carbonyl (C=O) groups excluding carboxylic acids is 2. The highest BCUT2D eigenvalue weighted by Gasteiger charge is 2.29. The van der Waals surface area contributed by atoms with Crippen LogP contribution in [0.5, 0.6) is 5.75 Å². The number of amides is 2. The fraction of sp³-hybridized carbons (Fsp3) is 0.200. The molecule has 0 radical (unpaired) electrons. The summed E-state index contributed by atoms with van der Waals surface area (Å²) >= 11 is 0. The van der Waals surface area contributed by atoms with E-state index >= 15 is 0 Å². The maximum absolute atomic E-state index is 12.6. The van der Waals surface area contributed by atoms with Crippen LogP contribution in [0.3, 0.4) is 0 Å². The second kappa shape index (κ2) is 7.27. The lowest BCUT2D eigenvalue weighted by molar-refractivity contribution is -0.384. The molecule has 148 valence electrons. The molecule has 0 spiro atoms. The van der Waals surface area contributed by atoms with Gasteiger partial charge in [0.1, 0.15) is 23.6 Å². The number of nitrogens with one attached hydrogen (secondary N) is 1. The molecule has 1 aromatic heterocycles. The number of non-ortho nitro benzene ring substituents is 1. The molecule has 1 N–H and O–H groups in total. The average molecular weight is 395 g/mol. The molecule has 2 aromatic carbocycles. The van der Waals surface area contributed by atoms with Crippen LogP contribution in [0.15, 0.2) is 52.9 Å². The number of furan rings is 1. The summed E-state index contributed by atoms with van der Waals surface area (Å²) in [5, 5.41) is 14.8. The van der Waals surface area contributed by atoms with E-state index in [9.17, 15) is 19.7 Å². The second-order valence-electron chi connectivity index (χ2n) is 6.65. The fourth-order valence-electron chi connectivity index (χ4n) is 3.20. The van der Waals surface area contributed by atoms with Crippen LogP contribution < -0.4 is 15.0 Å². The van der Waals surface area contributed by atoms with Crippen molar-refractivity contribution in [2.75, 3.05) is 18.1 Å². The normalized spacial score (nSPS) is 14.2. The van der Waals surface area contributed by atoms with Crippen molar-refractivity contribution in [3.8, 4) is 5.75 Å². The number of carbonyl (C=O) groups is 2. The molecule has 1 aliphatic rings. The Kier molecular flexibility index (Phi) is 4.63. The zero-order chi connectivity index (χ0) is 20.5. The van der Waals surface area contributed by atoms with Crippen LogP contribution >= 0.6 is 0 Å². The van der Waals surface area contributed by atoms with Gasteiger partial charge in [-0.15, -0.1) is 0 Å². The van der Waals surface area contributed by atoms with Crippen molar-refractivity contribution < 1.29 is 23.7 Å². The van der Waals surface area contributed by atoms with Crippen molar-refractivity contribution in [1.29, 1.82) is 0 Å². The largest absolute Gasteiger partial charge is 0.482 e. The summed E-state index contributed by atoms with van der Waals surface area (Å²) in [5.41, 5.74) is 0.721. The number of hydrogen-bond donors (Lipinski definition) is 1. The summed E-state index contributed by atoms with van der Waals surface area (Å²) in [6, 6.07) is 12.9. The van der Waals surface area contributed by atoms with E-state index < -0.39 is 22.8 Å². The molecule has 1 aliphatic heterocycles. The van der Waals surface area contributed by atoms with Crippen LogP contribution in [0.25, 0.3) is 11.0 Å². The molecule has 4 rings (SSSR count). The lowest BCUT2D eigenvalue weighted by Crippen LogP contribution is -2.45. The predicted molar refractivity (Wildman–Crippen MR) is 104 cm³/mol. The van der Waals surface area contributed by atoms with E-state index in [0.717, 1.165) is 5.39 Å². The minimum atomic E-state index is -0.568. The summed E-state index contributed by atoms with van der Waals surface area (Å²) in [5.74, 6) is 0.0208. The molecule has 1 atom stereocenters. The number of rotatable bonds is 5. The topological polar surface area (TPSA) is 115 Å². The number of hydrogen-bond acceptors (Lipinski definition) is 6. The van der Waals surface area contributed by atoms with E-state index in [1.807, 2.05) is 30.3 Å². The Bertz CT molecular complexity index is 1090. The van der Waals surface area contributed by atoms with Crippen molar-refractivity contribution in [3.05, 3.63) is 64.4 Å². The lowest BCUT2D eigenvalue weighted by Gasteiger charge is -2.28. The van der Waals surface area contributed by atoms with Gasteiger partial charge in [0, 0.05) is 17.5 Å². The first-order valence-corrected chi connectivity index (χ1v) is 8.92. The number of nitro benzene ring substituents is 1. The molecule has 0 aliphatic carbocycles. The molecule has 0 saturated carbocycles. The van der Waals surface area contributed by atoms with Gasteiger partial charge in [-0.3, -0.25) is 24.6 Å². The van der Waals surface area contributed by atoms with Gasteiger partial charge in [-0.2, -0.15) is 0 Å². The Balaban J connectivity index is 1.51. The number of benzene rings is 2. The number of nitrogens with zero attached hydrogens (tertiary/aromatic N) is 2. The Morgan fingerprint density at radius 3 is 2.83 bits per heavy atom. The number of para-hydroxylation sites is 1. The molecule has 9 heteroatoms. The molecule has 0 fully saturated rings. The number of fused-ring (bicyclic) bond motifs is 2. The molecule has 3 aromatic rings. The van der Waals surface area contributed by atoms with E-state index in [1.54, 1.807) is 6.92 Å². The van der Waals surface area contributed by atoms with Crippen LogP contribution in [0, 0.1) is 10.1 Å². The first-order valence-electron chi connectivity index (χ1n) is 8.92. The van der Waals surface area contributed by atoms with Gasteiger partial charge in [0.15, 0.2) is 6.61 Å².